The van der Waals surface area contributed by atoms with Gasteiger partial charge in [0.2, 0.25) is 0 Å². The number of hydrogen-bond donors (Lipinski definition) is 0. The van der Waals surface area contributed by atoms with Gasteiger partial charge >= 0.3 is 0 Å². The molecule has 0 N–H and O–H groups in total. The van der Waals surface area contributed by atoms with Crippen molar-refractivity contribution in [2.75, 3.05) is 0 Å². The minimum absolute atomic E-state index is 0.874. The first kappa shape index (κ1) is 18.8. The molecule has 0 aliphatic rings. The SMILES string of the molecule is C=C/C(=C\C)c1ccc2c(c1)oc1cc(-c3ccccc3)c(/C=C\C)c(C=C)c12. The number of rotatable bonds is 5. The monoisotopic (exact) mass is 376 g/mol. The Morgan fingerprint density at radius 3 is 2.34 bits per heavy atom. The number of allylic oxidation sites excluding steroid dienone is 4. The highest BCUT2D eigenvalue weighted by Crippen LogP contribution is 2.40. The van der Waals surface area contributed by atoms with Gasteiger partial charge in [0.15, 0.2) is 0 Å². The van der Waals surface area contributed by atoms with Gasteiger partial charge in [-0.25, -0.2) is 0 Å². The maximum Gasteiger partial charge on any atom is 0.136 e. The third-order valence-corrected chi connectivity index (χ3v) is 5.33. The van der Waals surface area contributed by atoms with E-state index in [1.165, 1.54) is 0 Å². The average Bonchev–Trinajstić information content (AvgIpc) is 3.12. The third-order valence-electron chi connectivity index (χ3n) is 5.33. The first-order chi connectivity index (χ1) is 14.2. The van der Waals surface area contributed by atoms with Crippen LogP contribution in [0.25, 0.3) is 50.8 Å². The van der Waals surface area contributed by atoms with Crippen LogP contribution in [0.4, 0.5) is 0 Å². The maximum absolute atomic E-state index is 6.34. The van der Waals surface area contributed by atoms with Crippen molar-refractivity contribution in [2.45, 2.75) is 13.8 Å². The number of fused-ring (bicyclic) bond motifs is 3. The van der Waals surface area contributed by atoms with Crippen LogP contribution in [0.3, 0.4) is 0 Å². The highest BCUT2D eigenvalue weighted by atomic mass is 16.3. The molecule has 29 heavy (non-hydrogen) atoms. The van der Waals surface area contributed by atoms with Gasteiger partial charge in [0.1, 0.15) is 11.2 Å². The smallest absolute Gasteiger partial charge is 0.136 e. The lowest BCUT2D eigenvalue weighted by Crippen LogP contribution is -1.89. The van der Waals surface area contributed by atoms with Crippen LogP contribution in [0, 0.1) is 0 Å². The van der Waals surface area contributed by atoms with Crippen LogP contribution in [0.2, 0.25) is 0 Å². The summed E-state index contributed by atoms with van der Waals surface area (Å²) < 4.78 is 6.34. The molecule has 3 aromatic carbocycles. The minimum Gasteiger partial charge on any atom is -0.456 e. The zero-order valence-corrected chi connectivity index (χ0v) is 16.9. The van der Waals surface area contributed by atoms with Crippen LogP contribution >= 0.6 is 0 Å². The van der Waals surface area contributed by atoms with Crippen molar-refractivity contribution in [2.24, 2.45) is 0 Å². The van der Waals surface area contributed by atoms with Gasteiger partial charge in [-0.3, -0.25) is 0 Å². The van der Waals surface area contributed by atoms with E-state index in [0.717, 1.165) is 55.3 Å². The first-order valence-corrected chi connectivity index (χ1v) is 9.84. The molecule has 0 fully saturated rings. The van der Waals surface area contributed by atoms with Crippen molar-refractivity contribution in [1.29, 1.82) is 0 Å². The van der Waals surface area contributed by atoms with E-state index in [4.69, 9.17) is 4.42 Å². The summed E-state index contributed by atoms with van der Waals surface area (Å²) in [7, 11) is 0. The predicted molar refractivity (Wildman–Crippen MR) is 128 cm³/mol. The summed E-state index contributed by atoms with van der Waals surface area (Å²) in [6.07, 6.45) is 10.1. The molecule has 4 rings (SSSR count). The lowest BCUT2D eigenvalue weighted by atomic mass is 9.91. The van der Waals surface area contributed by atoms with Crippen LogP contribution in [0.1, 0.15) is 30.5 Å². The topological polar surface area (TPSA) is 13.1 Å². The van der Waals surface area contributed by atoms with E-state index in [0.29, 0.717) is 0 Å². The molecule has 1 heteroatoms. The van der Waals surface area contributed by atoms with Crippen LogP contribution in [-0.4, -0.2) is 0 Å². The second kappa shape index (κ2) is 7.81. The fourth-order valence-electron chi connectivity index (χ4n) is 3.98. The molecule has 0 aliphatic carbocycles. The molecular weight excluding hydrogens is 352 g/mol. The highest BCUT2D eigenvalue weighted by Gasteiger charge is 2.17. The Hall–Kier alpha value is -3.58. The van der Waals surface area contributed by atoms with Gasteiger partial charge in [0, 0.05) is 10.8 Å². The van der Waals surface area contributed by atoms with Gasteiger partial charge in [0.05, 0.1) is 0 Å². The van der Waals surface area contributed by atoms with Crippen molar-refractivity contribution in [3.8, 4) is 11.1 Å². The second-order valence-electron chi connectivity index (χ2n) is 6.96. The van der Waals surface area contributed by atoms with Crippen LogP contribution < -0.4 is 0 Å². The molecule has 0 aliphatic heterocycles. The van der Waals surface area contributed by atoms with Crippen LogP contribution in [0.5, 0.6) is 0 Å². The van der Waals surface area contributed by atoms with Gasteiger partial charge in [-0.2, -0.15) is 0 Å². The predicted octanol–water partition coefficient (Wildman–Crippen LogP) is 8.52. The Morgan fingerprint density at radius 1 is 0.897 bits per heavy atom. The van der Waals surface area contributed by atoms with Gasteiger partial charge in [-0.1, -0.05) is 79.9 Å². The van der Waals surface area contributed by atoms with E-state index >= 15 is 0 Å². The summed E-state index contributed by atoms with van der Waals surface area (Å²) in [6, 6.07) is 18.9. The molecule has 0 unspecified atom stereocenters. The largest absolute Gasteiger partial charge is 0.456 e. The van der Waals surface area contributed by atoms with E-state index in [1.807, 2.05) is 32.1 Å². The molecule has 1 nitrogen and oxygen atoms in total. The standard InChI is InChI=1S/C28H24O/c1-5-12-23-22(8-4)28-24-16-15-21(19(6-2)7-3)17-26(24)29-27(28)18-25(23)20-13-10-9-11-14-20/h5-18H,2,4H2,1,3H3/b12-5-,19-7+. The summed E-state index contributed by atoms with van der Waals surface area (Å²) in [4.78, 5) is 0. The molecule has 0 saturated carbocycles. The van der Waals surface area contributed by atoms with Gasteiger partial charge in [-0.05, 0) is 65.4 Å². The Bertz CT molecular complexity index is 1280. The van der Waals surface area contributed by atoms with Crippen molar-refractivity contribution in [3.05, 3.63) is 103 Å². The number of benzene rings is 3. The molecule has 4 aromatic rings. The lowest BCUT2D eigenvalue weighted by molar-refractivity contribution is 0.669. The Morgan fingerprint density at radius 2 is 1.69 bits per heavy atom. The lowest BCUT2D eigenvalue weighted by Gasteiger charge is -2.11. The van der Waals surface area contributed by atoms with E-state index in [9.17, 15) is 0 Å². The van der Waals surface area contributed by atoms with Crippen molar-refractivity contribution in [1.82, 2.24) is 0 Å². The average molecular weight is 376 g/mol. The van der Waals surface area contributed by atoms with Gasteiger partial charge < -0.3 is 4.42 Å². The Labute approximate surface area is 172 Å². The Balaban J connectivity index is 2.09. The van der Waals surface area contributed by atoms with Gasteiger partial charge in [0.25, 0.3) is 0 Å². The Kier molecular flexibility index (Phi) is 5.05. The highest BCUT2D eigenvalue weighted by molar-refractivity contribution is 6.12. The zero-order chi connectivity index (χ0) is 20.4. The minimum atomic E-state index is 0.874. The van der Waals surface area contributed by atoms with E-state index in [-0.39, 0.29) is 0 Å². The van der Waals surface area contributed by atoms with Crippen LogP contribution in [-0.2, 0) is 0 Å². The van der Waals surface area contributed by atoms with Gasteiger partial charge in [-0.15, -0.1) is 0 Å². The van der Waals surface area contributed by atoms with E-state index in [1.54, 1.807) is 0 Å². The summed E-state index contributed by atoms with van der Waals surface area (Å²) in [6.45, 7) is 12.1. The quantitative estimate of drug-likeness (QED) is 0.318. The molecule has 0 atom stereocenters. The summed E-state index contributed by atoms with van der Waals surface area (Å²) >= 11 is 0. The van der Waals surface area contributed by atoms with E-state index in [2.05, 4.69) is 79.9 Å². The zero-order valence-electron chi connectivity index (χ0n) is 16.9. The maximum atomic E-state index is 6.34. The van der Waals surface area contributed by atoms with Crippen molar-refractivity contribution < 1.29 is 4.42 Å². The normalized spacial score (nSPS) is 12.1. The van der Waals surface area contributed by atoms with Crippen molar-refractivity contribution >= 4 is 39.7 Å². The molecular formula is C28H24O. The fraction of sp³-hybridized carbons (Fsp3) is 0.0714. The van der Waals surface area contributed by atoms with Crippen LogP contribution in [0.15, 0.2) is 90.4 Å². The molecule has 1 heterocycles. The second-order valence-corrected chi connectivity index (χ2v) is 6.96. The molecule has 0 radical (unpaired) electrons. The molecule has 1 aromatic heterocycles. The molecule has 0 saturated heterocycles. The number of hydrogen-bond acceptors (Lipinski definition) is 1. The summed E-state index contributed by atoms with van der Waals surface area (Å²) in [5.74, 6) is 0. The summed E-state index contributed by atoms with van der Waals surface area (Å²) in [5.41, 5.74) is 8.51. The van der Waals surface area contributed by atoms with E-state index < -0.39 is 0 Å². The molecule has 0 amide bonds. The van der Waals surface area contributed by atoms with Crippen molar-refractivity contribution in [3.63, 3.8) is 0 Å². The fourth-order valence-corrected chi connectivity index (χ4v) is 3.98. The molecule has 0 bridgehead atoms. The summed E-state index contributed by atoms with van der Waals surface area (Å²) in [5, 5.41) is 2.21. The number of furan rings is 1. The first-order valence-electron chi connectivity index (χ1n) is 9.84. The molecule has 0 spiro atoms. The third kappa shape index (κ3) is 3.15. The molecule has 142 valence electrons.